The van der Waals surface area contributed by atoms with Gasteiger partial charge in [-0.2, -0.15) is 0 Å². The molecule has 0 aliphatic carbocycles. The monoisotopic (exact) mass is 491 g/mol. The van der Waals surface area contributed by atoms with Crippen LogP contribution in [0.1, 0.15) is 17.8 Å². The number of nitrogens with one attached hydrogen (secondary N) is 1. The van der Waals surface area contributed by atoms with E-state index >= 15 is 0 Å². The zero-order valence-electron chi connectivity index (χ0n) is 16.8. The zero-order chi connectivity index (χ0) is 22.7. The van der Waals surface area contributed by atoms with Crippen LogP contribution in [0.25, 0.3) is 0 Å². The highest BCUT2D eigenvalue weighted by atomic mass is 35.5. The minimum absolute atomic E-state index is 0.128. The molecule has 2 aromatic carbocycles. The van der Waals surface area contributed by atoms with E-state index < -0.39 is 9.84 Å². The molecular weight excluding hydrogens is 473 g/mol. The Labute approximate surface area is 195 Å². The van der Waals surface area contributed by atoms with Gasteiger partial charge in [0.15, 0.2) is 9.84 Å². The largest absolute Gasteiger partial charge is 0.492 e. The van der Waals surface area contributed by atoms with Gasteiger partial charge in [-0.05, 0) is 60.9 Å². The van der Waals surface area contributed by atoms with Gasteiger partial charge in [-0.3, -0.25) is 4.79 Å². The fourth-order valence-electron chi connectivity index (χ4n) is 3.44. The Kier molecular flexibility index (Phi) is 6.64. The number of nitrogens with zero attached hydrogens (tertiary/aromatic N) is 2. The highest BCUT2D eigenvalue weighted by molar-refractivity contribution is 7.90. The molecule has 7 nitrogen and oxygen atoms in total. The van der Waals surface area contributed by atoms with Crippen LogP contribution < -0.4 is 10.1 Å². The quantitative estimate of drug-likeness (QED) is 0.527. The topological polar surface area (TPSA) is 98.2 Å². The highest BCUT2D eigenvalue weighted by Crippen LogP contribution is 2.31. The summed E-state index contributed by atoms with van der Waals surface area (Å²) in [5.74, 6) is -0.0582. The molecule has 0 fully saturated rings. The first-order chi connectivity index (χ1) is 15.3. The van der Waals surface area contributed by atoms with Gasteiger partial charge >= 0.3 is 0 Å². The summed E-state index contributed by atoms with van der Waals surface area (Å²) in [5.41, 5.74) is 1.37. The van der Waals surface area contributed by atoms with E-state index in [1.165, 1.54) is 18.5 Å². The normalized spacial score (nSPS) is 15.7. The van der Waals surface area contributed by atoms with Crippen molar-refractivity contribution in [3.8, 4) is 5.75 Å². The molecule has 32 heavy (non-hydrogen) atoms. The number of benzene rings is 2. The fraction of sp³-hybridized carbons (Fsp3) is 0.227. The number of amides is 1. The van der Waals surface area contributed by atoms with Gasteiger partial charge in [0, 0.05) is 29.0 Å². The first-order valence-electron chi connectivity index (χ1n) is 9.82. The number of carbonyl (C=O) groups excluding carboxylic acids is 1. The number of fused-ring (bicyclic) bond motifs is 1. The van der Waals surface area contributed by atoms with Crippen molar-refractivity contribution < 1.29 is 17.9 Å². The molecule has 10 heteroatoms. The molecule has 0 radical (unpaired) electrons. The van der Waals surface area contributed by atoms with E-state index in [-0.39, 0.29) is 34.9 Å². The number of sulfone groups is 1. The van der Waals surface area contributed by atoms with Crippen molar-refractivity contribution in [3.05, 3.63) is 76.3 Å². The molecule has 0 spiro atoms. The van der Waals surface area contributed by atoms with Gasteiger partial charge in [-0.1, -0.05) is 23.2 Å². The molecule has 1 amide bonds. The Morgan fingerprint density at radius 3 is 2.62 bits per heavy atom. The van der Waals surface area contributed by atoms with Crippen LogP contribution >= 0.6 is 23.2 Å². The van der Waals surface area contributed by atoms with E-state index in [4.69, 9.17) is 27.9 Å². The predicted octanol–water partition coefficient (Wildman–Crippen LogP) is 4.34. The summed E-state index contributed by atoms with van der Waals surface area (Å²) >= 11 is 12.0. The predicted molar refractivity (Wildman–Crippen MR) is 122 cm³/mol. The van der Waals surface area contributed by atoms with E-state index in [1.54, 1.807) is 36.4 Å². The minimum atomic E-state index is -3.63. The van der Waals surface area contributed by atoms with Crippen molar-refractivity contribution in [1.82, 2.24) is 9.97 Å². The van der Waals surface area contributed by atoms with Gasteiger partial charge < -0.3 is 10.1 Å². The number of hydrogen-bond acceptors (Lipinski definition) is 6. The third kappa shape index (κ3) is 5.20. The van der Waals surface area contributed by atoms with Crippen molar-refractivity contribution in [1.29, 1.82) is 0 Å². The van der Waals surface area contributed by atoms with Crippen LogP contribution in [0, 0.1) is 5.92 Å². The van der Waals surface area contributed by atoms with Crippen molar-refractivity contribution in [3.63, 3.8) is 0 Å². The van der Waals surface area contributed by atoms with Gasteiger partial charge in [0.25, 0.3) is 0 Å². The molecule has 0 saturated heterocycles. The third-order valence-corrected chi connectivity index (χ3v) is 7.23. The highest BCUT2D eigenvalue weighted by Gasteiger charge is 2.28. The second kappa shape index (κ2) is 9.44. The standard InChI is InChI=1S/C22H19Cl2N3O4S/c23-16-2-5-20(18(24)12-16)31-9-6-14-10-15-11-17(3-4-19(15)27-22(14)28)32(29,30)13-21-25-7-1-8-26-21/h1-5,7-8,11-12,14H,6,9-10,13H2,(H,27,28). The van der Waals surface area contributed by atoms with Crippen molar-refractivity contribution in [2.24, 2.45) is 5.92 Å². The number of rotatable bonds is 7. The second-order valence-electron chi connectivity index (χ2n) is 7.35. The van der Waals surface area contributed by atoms with Gasteiger partial charge in [-0.25, -0.2) is 18.4 Å². The third-order valence-electron chi connectivity index (χ3n) is 5.09. The van der Waals surface area contributed by atoms with Crippen LogP contribution in [0.2, 0.25) is 10.0 Å². The van der Waals surface area contributed by atoms with E-state index in [0.29, 0.717) is 34.3 Å². The van der Waals surface area contributed by atoms with E-state index in [0.717, 1.165) is 5.56 Å². The zero-order valence-corrected chi connectivity index (χ0v) is 19.1. The molecule has 2 heterocycles. The Morgan fingerprint density at radius 2 is 1.88 bits per heavy atom. The van der Waals surface area contributed by atoms with Crippen molar-refractivity contribution in [2.45, 2.75) is 23.5 Å². The SMILES string of the molecule is O=C1Nc2ccc(S(=O)(=O)Cc3ncccn3)cc2CC1CCOc1ccc(Cl)cc1Cl. The lowest BCUT2D eigenvalue weighted by Gasteiger charge is -2.25. The summed E-state index contributed by atoms with van der Waals surface area (Å²) in [6.45, 7) is 0.276. The number of halogens is 2. The van der Waals surface area contributed by atoms with Crippen LogP contribution in [0.5, 0.6) is 5.75 Å². The van der Waals surface area contributed by atoms with Crippen LogP contribution in [-0.2, 0) is 26.8 Å². The minimum Gasteiger partial charge on any atom is -0.492 e. The number of ether oxygens (including phenoxy) is 1. The number of hydrogen-bond donors (Lipinski definition) is 1. The summed E-state index contributed by atoms with van der Waals surface area (Å²) < 4.78 is 31.3. The molecule has 1 N–H and O–H groups in total. The molecule has 166 valence electrons. The number of aromatic nitrogens is 2. The first-order valence-corrected chi connectivity index (χ1v) is 12.2. The molecular formula is C22H19Cl2N3O4S. The van der Waals surface area contributed by atoms with E-state index in [2.05, 4.69) is 15.3 Å². The van der Waals surface area contributed by atoms with Crippen molar-refractivity contribution >= 4 is 44.6 Å². The summed E-state index contributed by atoms with van der Waals surface area (Å²) in [4.78, 5) is 20.6. The molecule has 1 atom stereocenters. The number of anilines is 1. The van der Waals surface area contributed by atoms with Crippen molar-refractivity contribution in [2.75, 3.05) is 11.9 Å². The Hall–Kier alpha value is -2.68. The van der Waals surface area contributed by atoms with E-state index in [9.17, 15) is 13.2 Å². The Bertz CT molecular complexity index is 1250. The molecule has 0 saturated carbocycles. The van der Waals surface area contributed by atoms with Crippen LogP contribution in [0.15, 0.2) is 59.8 Å². The summed E-state index contributed by atoms with van der Waals surface area (Å²) in [7, 11) is -3.63. The maximum absolute atomic E-state index is 12.8. The first kappa shape index (κ1) is 22.5. The maximum Gasteiger partial charge on any atom is 0.227 e. The molecule has 4 rings (SSSR count). The average molecular weight is 492 g/mol. The van der Waals surface area contributed by atoms with Crippen LogP contribution in [-0.4, -0.2) is 30.9 Å². The van der Waals surface area contributed by atoms with Crippen LogP contribution in [0.3, 0.4) is 0 Å². The molecule has 1 aliphatic rings. The lowest BCUT2D eigenvalue weighted by atomic mass is 9.91. The Balaban J connectivity index is 1.45. The number of carbonyl (C=O) groups is 1. The van der Waals surface area contributed by atoms with Gasteiger partial charge in [-0.15, -0.1) is 0 Å². The van der Waals surface area contributed by atoms with Gasteiger partial charge in [0.05, 0.1) is 16.5 Å². The van der Waals surface area contributed by atoms with Gasteiger partial charge in [0.1, 0.15) is 17.3 Å². The van der Waals surface area contributed by atoms with Crippen LogP contribution in [0.4, 0.5) is 5.69 Å². The summed E-state index contributed by atoms with van der Waals surface area (Å²) in [6, 6.07) is 11.3. The second-order valence-corrected chi connectivity index (χ2v) is 10.2. The van der Waals surface area contributed by atoms with Gasteiger partial charge in [0.2, 0.25) is 5.91 Å². The van der Waals surface area contributed by atoms with E-state index in [1.807, 2.05) is 0 Å². The molecule has 1 aliphatic heterocycles. The molecule has 1 unspecified atom stereocenters. The smallest absolute Gasteiger partial charge is 0.227 e. The Morgan fingerprint density at radius 1 is 1.09 bits per heavy atom. The lowest BCUT2D eigenvalue weighted by Crippen LogP contribution is -2.31. The average Bonchev–Trinajstić information content (AvgIpc) is 2.75. The fourth-order valence-corrected chi connectivity index (χ4v) is 5.16. The lowest BCUT2D eigenvalue weighted by molar-refractivity contribution is -0.120. The molecule has 1 aromatic heterocycles. The summed E-state index contributed by atoms with van der Waals surface area (Å²) in [6.07, 6.45) is 3.86. The molecule has 3 aromatic rings. The summed E-state index contributed by atoms with van der Waals surface area (Å²) in [5, 5.41) is 3.75. The molecule has 0 bridgehead atoms. The maximum atomic E-state index is 12.8.